The third-order valence-corrected chi connectivity index (χ3v) is 4.27. The van der Waals surface area contributed by atoms with Crippen molar-refractivity contribution >= 4 is 5.97 Å². The second kappa shape index (κ2) is 6.39. The fourth-order valence-electron chi connectivity index (χ4n) is 2.82. The molecule has 17 heavy (non-hydrogen) atoms. The van der Waals surface area contributed by atoms with E-state index in [0.717, 1.165) is 31.6 Å². The summed E-state index contributed by atoms with van der Waals surface area (Å²) in [5.74, 6) is 1.11. The maximum atomic E-state index is 11.6. The van der Waals surface area contributed by atoms with Crippen LogP contribution in [0, 0.1) is 11.8 Å². The van der Waals surface area contributed by atoms with Crippen molar-refractivity contribution in [1.29, 1.82) is 0 Å². The summed E-state index contributed by atoms with van der Waals surface area (Å²) in [4.78, 5) is 11.6. The molecule has 2 aliphatic carbocycles. The Morgan fingerprint density at radius 1 is 1.18 bits per heavy atom. The smallest absolute Gasteiger partial charge is 0.308 e. The van der Waals surface area contributed by atoms with Crippen LogP contribution in [0.1, 0.15) is 51.9 Å². The van der Waals surface area contributed by atoms with E-state index in [1.54, 1.807) is 0 Å². The number of carbonyl (C=O) groups excluding carboxylic acids is 1. The molecule has 2 fully saturated rings. The number of esters is 1. The van der Waals surface area contributed by atoms with E-state index in [1.807, 2.05) is 6.92 Å². The fourth-order valence-corrected chi connectivity index (χ4v) is 2.82. The summed E-state index contributed by atoms with van der Waals surface area (Å²) in [6.45, 7) is 3.58. The first kappa shape index (κ1) is 12.9. The zero-order chi connectivity index (χ0) is 12.1. The minimum Gasteiger partial charge on any atom is -0.466 e. The van der Waals surface area contributed by atoms with Crippen molar-refractivity contribution in [2.75, 3.05) is 13.2 Å². The normalized spacial score (nSPS) is 29.7. The second-order valence-corrected chi connectivity index (χ2v) is 5.51. The molecular formula is C14H25NO2. The van der Waals surface area contributed by atoms with Crippen molar-refractivity contribution in [3.05, 3.63) is 0 Å². The maximum Gasteiger partial charge on any atom is 0.308 e. The van der Waals surface area contributed by atoms with E-state index in [9.17, 15) is 4.79 Å². The Labute approximate surface area is 104 Å². The van der Waals surface area contributed by atoms with Gasteiger partial charge in [-0.3, -0.25) is 4.79 Å². The summed E-state index contributed by atoms with van der Waals surface area (Å²) in [6, 6.07) is 0.640. The molecule has 0 aromatic rings. The SMILES string of the molecule is CCOC(=O)C1CCC(NCC2CCC2)CC1. The molecule has 0 bridgehead atoms. The van der Waals surface area contributed by atoms with Crippen molar-refractivity contribution in [2.24, 2.45) is 11.8 Å². The molecule has 98 valence electrons. The van der Waals surface area contributed by atoms with E-state index in [-0.39, 0.29) is 11.9 Å². The highest BCUT2D eigenvalue weighted by Gasteiger charge is 2.27. The molecule has 1 N–H and O–H groups in total. The minimum absolute atomic E-state index is 0.0185. The number of carbonyl (C=O) groups is 1. The summed E-state index contributed by atoms with van der Waals surface area (Å²) in [5, 5.41) is 3.66. The summed E-state index contributed by atoms with van der Waals surface area (Å²) in [7, 11) is 0. The van der Waals surface area contributed by atoms with Crippen molar-refractivity contribution in [1.82, 2.24) is 5.32 Å². The van der Waals surface area contributed by atoms with E-state index in [0.29, 0.717) is 12.6 Å². The molecule has 0 atom stereocenters. The summed E-state index contributed by atoms with van der Waals surface area (Å²) >= 11 is 0. The van der Waals surface area contributed by atoms with Crippen LogP contribution in [0.15, 0.2) is 0 Å². The Balaban J connectivity index is 1.61. The van der Waals surface area contributed by atoms with Gasteiger partial charge in [0.05, 0.1) is 12.5 Å². The molecule has 0 unspecified atom stereocenters. The summed E-state index contributed by atoms with van der Waals surface area (Å²) < 4.78 is 5.08. The number of nitrogens with one attached hydrogen (secondary N) is 1. The van der Waals surface area contributed by atoms with Gasteiger partial charge in [0.25, 0.3) is 0 Å². The van der Waals surface area contributed by atoms with Gasteiger partial charge in [-0.25, -0.2) is 0 Å². The van der Waals surface area contributed by atoms with E-state index in [4.69, 9.17) is 4.74 Å². The van der Waals surface area contributed by atoms with Gasteiger partial charge in [0, 0.05) is 6.04 Å². The summed E-state index contributed by atoms with van der Waals surface area (Å²) in [5.41, 5.74) is 0. The topological polar surface area (TPSA) is 38.3 Å². The van der Waals surface area contributed by atoms with Gasteiger partial charge in [-0.15, -0.1) is 0 Å². The van der Waals surface area contributed by atoms with Crippen LogP contribution in [0.5, 0.6) is 0 Å². The second-order valence-electron chi connectivity index (χ2n) is 5.51. The van der Waals surface area contributed by atoms with Crippen LogP contribution >= 0.6 is 0 Å². The van der Waals surface area contributed by atoms with E-state index in [1.165, 1.54) is 25.8 Å². The predicted molar refractivity (Wildman–Crippen MR) is 67.7 cm³/mol. The van der Waals surface area contributed by atoms with Crippen LogP contribution in [-0.4, -0.2) is 25.2 Å². The van der Waals surface area contributed by atoms with Gasteiger partial charge in [0.1, 0.15) is 0 Å². The third kappa shape index (κ3) is 3.70. The Morgan fingerprint density at radius 3 is 2.41 bits per heavy atom. The number of ether oxygens (including phenoxy) is 1. The molecule has 0 spiro atoms. The largest absolute Gasteiger partial charge is 0.466 e. The first-order valence-corrected chi connectivity index (χ1v) is 7.19. The van der Waals surface area contributed by atoms with Crippen molar-refractivity contribution in [3.8, 4) is 0 Å². The quantitative estimate of drug-likeness (QED) is 0.749. The standard InChI is InChI=1S/C14H25NO2/c1-2-17-14(16)12-6-8-13(9-7-12)15-10-11-4-3-5-11/h11-13,15H,2-10H2,1H3. The molecule has 0 aromatic heterocycles. The van der Waals surface area contributed by atoms with Crippen LogP contribution in [0.25, 0.3) is 0 Å². The molecule has 0 aromatic carbocycles. The van der Waals surface area contributed by atoms with Gasteiger partial charge >= 0.3 is 5.97 Å². The van der Waals surface area contributed by atoms with Crippen LogP contribution in [0.2, 0.25) is 0 Å². The third-order valence-electron chi connectivity index (χ3n) is 4.27. The first-order chi connectivity index (χ1) is 8.29. The van der Waals surface area contributed by atoms with Crippen LogP contribution in [-0.2, 0) is 9.53 Å². The Hall–Kier alpha value is -0.570. The molecule has 0 heterocycles. The lowest BCUT2D eigenvalue weighted by molar-refractivity contribution is -0.149. The Kier molecular flexibility index (Phi) is 4.84. The lowest BCUT2D eigenvalue weighted by atomic mass is 9.83. The number of hydrogen-bond donors (Lipinski definition) is 1. The minimum atomic E-state index is 0.0185. The Morgan fingerprint density at radius 2 is 1.88 bits per heavy atom. The Bertz CT molecular complexity index is 243. The van der Waals surface area contributed by atoms with Gasteiger partial charge in [-0.05, 0) is 57.9 Å². The highest BCUT2D eigenvalue weighted by atomic mass is 16.5. The van der Waals surface area contributed by atoms with Crippen LogP contribution < -0.4 is 5.32 Å². The van der Waals surface area contributed by atoms with Crippen molar-refractivity contribution in [3.63, 3.8) is 0 Å². The molecule has 2 saturated carbocycles. The molecule has 0 amide bonds. The first-order valence-electron chi connectivity index (χ1n) is 7.19. The number of hydrogen-bond acceptors (Lipinski definition) is 3. The average Bonchev–Trinajstić information content (AvgIpc) is 2.28. The van der Waals surface area contributed by atoms with Gasteiger partial charge in [-0.1, -0.05) is 6.42 Å². The maximum absolute atomic E-state index is 11.6. The highest BCUT2D eigenvalue weighted by molar-refractivity contribution is 5.72. The molecule has 0 saturated heterocycles. The van der Waals surface area contributed by atoms with E-state index < -0.39 is 0 Å². The summed E-state index contributed by atoms with van der Waals surface area (Å²) in [6.07, 6.45) is 8.51. The molecular weight excluding hydrogens is 214 g/mol. The van der Waals surface area contributed by atoms with Crippen LogP contribution in [0.3, 0.4) is 0 Å². The molecule has 0 radical (unpaired) electrons. The lowest BCUT2D eigenvalue weighted by Gasteiger charge is -2.31. The molecule has 2 aliphatic rings. The molecule has 3 heteroatoms. The number of rotatable bonds is 5. The van der Waals surface area contributed by atoms with Crippen LogP contribution in [0.4, 0.5) is 0 Å². The average molecular weight is 239 g/mol. The predicted octanol–water partition coefficient (Wildman–Crippen LogP) is 2.50. The van der Waals surface area contributed by atoms with E-state index in [2.05, 4.69) is 5.32 Å². The van der Waals surface area contributed by atoms with Gasteiger partial charge in [0.15, 0.2) is 0 Å². The monoisotopic (exact) mass is 239 g/mol. The van der Waals surface area contributed by atoms with Gasteiger partial charge in [-0.2, -0.15) is 0 Å². The van der Waals surface area contributed by atoms with E-state index >= 15 is 0 Å². The fraction of sp³-hybridized carbons (Fsp3) is 0.929. The van der Waals surface area contributed by atoms with Crippen molar-refractivity contribution < 1.29 is 9.53 Å². The highest BCUT2D eigenvalue weighted by Crippen LogP contribution is 2.28. The van der Waals surface area contributed by atoms with Gasteiger partial charge in [0.2, 0.25) is 0 Å². The van der Waals surface area contributed by atoms with Gasteiger partial charge < -0.3 is 10.1 Å². The molecule has 3 nitrogen and oxygen atoms in total. The molecule has 0 aliphatic heterocycles. The lowest BCUT2D eigenvalue weighted by Crippen LogP contribution is -2.39. The van der Waals surface area contributed by atoms with Crippen molar-refractivity contribution in [2.45, 2.75) is 57.9 Å². The zero-order valence-electron chi connectivity index (χ0n) is 10.9. The molecule has 2 rings (SSSR count). The zero-order valence-corrected chi connectivity index (χ0v) is 10.9.